The number of likely N-dealkylation sites (tertiary alicyclic amines) is 1. The largest absolute Gasteiger partial charge is 0.476 e. The van der Waals surface area contributed by atoms with Crippen molar-refractivity contribution in [2.75, 3.05) is 18.4 Å². The second-order valence-corrected chi connectivity index (χ2v) is 5.66. The number of carboxylic acid groups (broad SMARTS) is 1. The smallest absolute Gasteiger partial charge is 0.356 e. The van der Waals surface area contributed by atoms with Gasteiger partial charge in [0.15, 0.2) is 5.69 Å². The summed E-state index contributed by atoms with van der Waals surface area (Å²) in [7, 11) is 0. The van der Waals surface area contributed by atoms with Gasteiger partial charge in [0.2, 0.25) is 0 Å². The number of carboxylic acids is 1. The molecule has 1 saturated heterocycles. The van der Waals surface area contributed by atoms with Gasteiger partial charge in [-0.3, -0.25) is 9.88 Å². The standard InChI is InChI=1S/C16H19N5O2/c22-16(23)14-3-4-15(20-19-14)18-13-5-8-21(9-6-13)11-12-2-1-7-17-10-12/h1-4,7,10,13H,5-6,8-9,11H2,(H,18,20)(H,22,23). The summed E-state index contributed by atoms with van der Waals surface area (Å²) in [5.74, 6) is -0.437. The second kappa shape index (κ2) is 7.15. The number of carbonyl (C=O) groups is 1. The summed E-state index contributed by atoms with van der Waals surface area (Å²) in [6.45, 7) is 2.94. The Morgan fingerprint density at radius 1 is 1.26 bits per heavy atom. The summed E-state index contributed by atoms with van der Waals surface area (Å²) in [5, 5.41) is 19.7. The highest BCUT2D eigenvalue weighted by Gasteiger charge is 2.19. The Balaban J connectivity index is 1.48. The fourth-order valence-corrected chi connectivity index (χ4v) is 2.72. The lowest BCUT2D eigenvalue weighted by molar-refractivity contribution is 0.0689. The van der Waals surface area contributed by atoms with Gasteiger partial charge in [-0.2, -0.15) is 0 Å². The molecule has 2 aromatic heterocycles. The topological polar surface area (TPSA) is 91.2 Å². The molecule has 0 aliphatic carbocycles. The number of rotatable bonds is 5. The average Bonchev–Trinajstić information content (AvgIpc) is 2.58. The molecule has 1 fully saturated rings. The van der Waals surface area contributed by atoms with Gasteiger partial charge >= 0.3 is 5.97 Å². The van der Waals surface area contributed by atoms with Crippen LogP contribution < -0.4 is 5.32 Å². The van der Waals surface area contributed by atoms with Gasteiger partial charge in [-0.05, 0) is 36.6 Å². The van der Waals surface area contributed by atoms with E-state index in [4.69, 9.17) is 5.11 Å². The third-order valence-electron chi connectivity index (χ3n) is 3.95. The van der Waals surface area contributed by atoms with E-state index < -0.39 is 5.97 Å². The first kappa shape index (κ1) is 15.4. The molecule has 1 aliphatic heterocycles. The molecule has 0 amide bonds. The van der Waals surface area contributed by atoms with Crippen molar-refractivity contribution in [2.45, 2.75) is 25.4 Å². The van der Waals surface area contributed by atoms with E-state index in [2.05, 4.69) is 31.5 Å². The molecule has 0 atom stereocenters. The molecule has 23 heavy (non-hydrogen) atoms. The first-order chi connectivity index (χ1) is 11.2. The van der Waals surface area contributed by atoms with E-state index in [0.717, 1.165) is 32.5 Å². The van der Waals surface area contributed by atoms with Gasteiger partial charge in [0.1, 0.15) is 5.82 Å². The zero-order chi connectivity index (χ0) is 16.1. The minimum absolute atomic E-state index is 0.0400. The van der Waals surface area contributed by atoms with Crippen molar-refractivity contribution in [1.82, 2.24) is 20.1 Å². The fourth-order valence-electron chi connectivity index (χ4n) is 2.72. The number of piperidine rings is 1. The highest BCUT2D eigenvalue weighted by molar-refractivity contribution is 5.85. The number of hydrogen-bond acceptors (Lipinski definition) is 6. The van der Waals surface area contributed by atoms with Crippen molar-refractivity contribution in [2.24, 2.45) is 0 Å². The molecule has 7 nitrogen and oxygen atoms in total. The van der Waals surface area contributed by atoms with Crippen molar-refractivity contribution in [1.29, 1.82) is 0 Å². The summed E-state index contributed by atoms with van der Waals surface area (Å²) in [6, 6.07) is 7.53. The van der Waals surface area contributed by atoms with Crippen LogP contribution in [0.4, 0.5) is 5.82 Å². The minimum atomic E-state index is -1.06. The Hall–Kier alpha value is -2.54. The second-order valence-electron chi connectivity index (χ2n) is 5.66. The van der Waals surface area contributed by atoms with Crippen LogP contribution in [0, 0.1) is 0 Å². The number of aromatic nitrogens is 3. The summed E-state index contributed by atoms with van der Waals surface area (Å²) >= 11 is 0. The van der Waals surface area contributed by atoms with Crippen molar-refractivity contribution in [3.8, 4) is 0 Å². The van der Waals surface area contributed by atoms with Gasteiger partial charge in [0, 0.05) is 38.1 Å². The monoisotopic (exact) mass is 313 g/mol. The van der Waals surface area contributed by atoms with Crippen LogP contribution in [-0.4, -0.2) is 50.3 Å². The van der Waals surface area contributed by atoms with E-state index in [1.165, 1.54) is 11.6 Å². The van der Waals surface area contributed by atoms with E-state index in [-0.39, 0.29) is 5.69 Å². The van der Waals surface area contributed by atoms with Crippen LogP contribution in [0.3, 0.4) is 0 Å². The van der Waals surface area contributed by atoms with Crippen LogP contribution >= 0.6 is 0 Å². The van der Waals surface area contributed by atoms with Crippen molar-refractivity contribution >= 4 is 11.8 Å². The summed E-state index contributed by atoms with van der Waals surface area (Å²) in [4.78, 5) is 17.3. The van der Waals surface area contributed by atoms with Crippen LogP contribution in [0.25, 0.3) is 0 Å². The van der Waals surface area contributed by atoms with Gasteiger partial charge in [0.05, 0.1) is 0 Å². The molecular weight excluding hydrogens is 294 g/mol. The van der Waals surface area contributed by atoms with Crippen LogP contribution in [0.15, 0.2) is 36.7 Å². The van der Waals surface area contributed by atoms with E-state index in [0.29, 0.717) is 11.9 Å². The molecule has 2 N–H and O–H groups in total. The predicted octanol–water partition coefficient (Wildman–Crippen LogP) is 1.65. The third kappa shape index (κ3) is 4.23. The van der Waals surface area contributed by atoms with Gasteiger partial charge in [-0.15, -0.1) is 10.2 Å². The van der Waals surface area contributed by atoms with Crippen LogP contribution in [0.2, 0.25) is 0 Å². The fraction of sp³-hybridized carbons (Fsp3) is 0.375. The molecular formula is C16H19N5O2. The van der Waals surface area contributed by atoms with Crippen molar-refractivity contribution < 1.29 is 9.90 Å². The molecule has 0 saturated carbocycles. The first-order valence-corrected chi connectivity index (χ1v) is 7.65. The summed E-state index contributed by atoms with van der Waals surface area (Å²) in [5.41, 5.74) is 1.19. The van der Waals surface area contributed by atoms with Crippen LogP contribution in [-0.2, 0) is 6.54 Å². The van der Waals surface area contributed by atoms with Crippen LogP contribution in [0.5, 0.6) is 0 Å². The quantitative estimate of drug-likeness (QED) is 0.867. The highest BCUT2D eigenvalue weighted by atomic mass is 16.4. The van der Waals surface area contributed by atoms with Gasteiger partial charge in [0.25, 0.3) is 0 Å². The summed E-state index contributed by atoms with van der Waals surface area (Å²) in [6.07, 6.45) is 5.73. The van der Waals surface area contributed by atoms with E-state index in [1.807, 2.05) is 12.3 Å². The molecule has 0 radical (unpaired) electrons. The number of aromatic carboxylic acids is 1. The minimum Gasteiger partial charge on any atom is -0.476 e. The number of hydrogen-bond donors (Lipinski definition) is 2. The van der Waals surface area contributed by atoms with Gasteiger partial charge < -0.3 is 10.4 Å². The molecule has 3 rings (SSSR count). The number of nitrogens with zero attached hydrogens (tertiary/aromatic N) is 4. The van der Waals surface area contributed by atoms with Crippen molar-refractivity contribution in [3.63, 3.8) is 0 Å². The first-order valence-electron chi connectivity index (χ1n) is 7.65. The predicted molar refractivity (Wildman–Crippen MR) is 85.2 cm³/mol. The maximum Gasteiger partial charge on any atom is 0.356 e. The van der Waals surface area contributed by atoms with Gasteiger partial charge in [-0.25, -0.2) is 4.79 Å². The zero-order valence-corrected chi connectivity index (χ0v) is 12.7. The molecule has 0 unspecified atom stereocenters. The highest BCUT2D eigenvalue weighted by Crippen LogP contribution is 2.16. The lowest BCUT2D eigenvalue weighted by Gasteiger charge is -2.32. The Kier molecular flexibility index (Phi) is 4.77. The Labute approximate surface area is 134 Å². The zero-order valence-electron chi connectivity index (χ0n) is 12.7. The average molecular weight is 313 g/mol. The number of pyridine rings is 1. The van der Waals surface area contributed by atoms with E-state index in [9.17, 15) is 4.79 Å². The molecule has 0 aromatic carbocycles. The summed E-state index contributed by atoms with van der Waals surface area (Å²) < 4.78 is 0. The number of anilines is 1. The Morgan fingerprint density at radius 3 is 2.70 bits per heavy atom. The lowest BCUT2D eigenvalue weighted by Crippen LogP contribution is -2.38. The number of nitrogens with one attached hydrogen (secondary N) is 1. The van der Waals surface area contributed by atoms with Gasteiger partial charge in [-0.1, -0.05) is 6.07 Å². The normalized spacial score (nSPS) is 16.2. The van der Waals surface area contributed by atoms with Crippen molar-refractivity contribution in [3.05, 3.63) is 47.9 Å². The Morgan fingerprint density at radius 2 is 2.09 bits per heavy atom. The molecule has 3 heterocycles. The molecule has 0 spiro atoms. The van der Waals surface area contributed by atoms with E-state index >= 15 is 0 Å². The molecule has 1 aliphatic rings. The molecule has 7 heteroatoms. The molecule has 0 bridgehead atoms. The molecule has 2 aromatic rings. The SMILES string of the molecule is O=C(O)c1ccc(NC2CCN(Cc3cccnc3)CC2)nn1. The lowest BCUT2D eigenvalue weighted by atomic mass is 10.0. The Bertz CT molecular complexity index is 639. The van der Waals surface area contributed by atoms with E-state index in [1.54, 1.807) is 12.3 Å². The maximum atomic E-state index is 10.8. The van der Waals surface area contributed by atoms with Crippen LogP contribution in [0.1, 0.15) is 28.9 Å². The molecule has 120 valence electrons. The third-order valence-corrected chi connectivity index (χ3v) is 3.95. The maximum absolute atomic E-state index is 10.8.